The fraction of sp³-hybridized carbons (Fsp3) is 0.440. The fourth-order valence-electron chi connectivity index (χ4n) is 4.36. The molecule has 0 aromatic heterocycles. The molecule has 1 fully saturated rings. The predicted molar refractivity (Wildman–Crippen MR) is 129 cm³/mol. The number of anilines is 2. The lowest BCUT2D eigenvalue weighted by Gasteiger charge is -2.40. The van der Waals surface area contributed by atoms with Crippen LogP contribution in [0.2, 0.25) is 0 Å². The summed E-state index contributed by atoms with van der Waals surface area (Å²) in [5.74, 6) is 0.0691. The SMILES string of the molecule is Cc1ccc(S(=O)(=O)N2CC(CC3(C#N)CC3)Oc3ccc(N(C(=O)O)C(C)(C)C(F)(F)F)cc32)cc1. The Balaban J connectivity index is 1.83. The molecule has 1 atom stereocenters. The maximum absolute atomic E-state index is 13.8. The minimum atomic E-state index is -4.91. The van der Waals surface area contributed by atoms with Crippen LogP contribution in [0.1, 0.15) is 38.7 Å². The molecule has 1 unspecified atom stereocenters. The molecule has 2 aromatic rings. The molecule has 1 aliphatic carbocycles. The average Bonchev–Trinajstić information content (AvgIpc) is 3.57. The van der Waals surface area contributed by atoms with Gasteiger partial charge in [0.15, 0.2) is 0 Å². The number of nitrogens with zero attached hydrogens (tertiary/aromatic N) is 3. The number of carbonyl (C=O) groups is 1. The first-order valence-electron chi connectivity index (χ1n) is 11.5. The molecular formula is C25H26F3N3O5S. The van der Waals surface area contributed by atoms with E-state index in [0.29, 0.717) is 12.8 Å². The summed E-state index contributed by atoms with van der Waals surface area (Å²) in [5, 5.41) is 19.2. The highest BCUT2D eigenvalue weighted by molar-refractivity contribution is 7.92. The highest BCUT2D eigenvalue weighted by atomic mass is 32.2. The minimum Gasteiger partial charge on any atom is -0.486 e. The number of aryl methyl sites for hydroxylation is 1. The van der Waals surface area contributed by atoms with Crippen molar-refractivity contribution in [3.8, 4) is 11.8 Å². The quantitative estimate of drug-likeness (QED) is 0.523. The van der Waals surface area contributed by atoms with Crippen molar-refractivity contribution in [3.63, 3.8) is 0 Å². The maximum atomic E-state index is 13.8. The number of ether oxygens (including phenoxy) is 1. The van der Waals surface area contributed by atoms with Crippen molar-refractivity contribution in [1.29, 1.82) is 5.26 Å². The topological polar surface area (TPSA) is 111 Å². The van der Waals surface area contributed by atoms with Crippen LogP contribution in [0.15, 0.2) is 47.4 Å². The van der Waals surface area contributed by atoms with E-state index in [1.165, 1.54) is 18.2 Å². The second-order valence-corrected chi connectivity index (χ2v) is 11.9. The molecule has 1 heterocycles. The molecule has 198 valence electrons. The molecule has 8 nitrogen and oxygen atoms in total. The Morgan fingerprint density at radius 2 is 1.84 bits per heavy atom. The van der Waals surface area contributed by atoms with Crippen molar-refractivity contribution in [1.82, 2.24) is 0 Å². The van der Waals surface area contributed by atoms with E-state index in [1.54, 1.807) is 19.1 Å². The van der Waals surface area contributed by atoms with E-state index in [2.05, 4.69) is 6.07 Å². The molecule has 12 heteroatoms. The molecule has 0 saturated heterocycles. The molecule has 0 spiro atoms. The predicted octanol–water partition coefficient (Wildman–Crippen LogP) is 5.47. The first-order chi connectivity index (χ1) is 17.1. The van der Waals surface area contributed by atoms with E-state index >= 15 is 0 Å². The standard InChI is InChI=1S/C25H26F3N3O5S/c1-16-4-7-19(8-5-16)37(34,35)30-14-18(13-24(15-29)10-11-24)36-21-9-6-17(12-20(21)30)31(22(32)33)23(2,3)25(26,27)28/h4-9,12,18H,10-11,13-14H2,1-3H3,(H,32,33). The van der Waals surface area contributed by atoms with Crippen LogP contribution in [0.25, 0.3) is 0 Å². The summed E-state index contributed by atoms with van der Waals surface area (Å²) in [6, 6.07) is 11.8. The van der Waals surface area contributed by atoms with E-state index in [4.69, 9.17) is 4.74 Å². The number of benzene rings is 2. The summed E-state index contributed by atoms with van der Waals surface area (Å²) < 4.78 is 75.8. The summed E-state index contributed by atoms with van der Waals surface area (Å²) in [6.07, 6.45) is -5.82. The van der Waals surface area contributed by atoms with Gasteiger partial charge in [0.1, 0.15) is 17.4 Å². The number of nitriles is 1. The minimum absolute atomic E-state index is 0.0396. The largest absolute Gasteiger partial charge is 0.486 e. The van der Waals surface area contributed by atoms with Gasteiger partial charge in [-0.3, -0.25) is 9.21 Å². The van der Waals surface area contributed by atoms with E-state index in [1.807, 2.05) is 0 Å². The maximum Gasteiger partial charge on any atom is 0.412 e. The number of halogens is 3. The smallest absolute Gasteiger partial charge is 0.412 e. The molecule has 1 N–H and O–H groups in total. The fourth-order valence-corrected chi connectivity index (χ4v) is 5.86. The molecule has 2 aliphatic rings. The van der Waals surface area contributed by atoms with Crippen LogP contribution >= 0.6 is 0 Å². The van der Waals surface area contributed by atoms with Gasteiger partial charge in [0, 0.05) is 6.42 Å². The summed E-state index contributed by atoms with van der Waals surface area (Å²) in [6.45, 7) is 3.06. The van der Waals surface area contributed by atoms with Crippen molar-refractivity contribution in [2.75, 3.05) is 15.7 Å². The van der Waals surface area contributed by atoms with E-state index in [0.717, 1.165) is 35.8 Å². The monoisotopic (exact) mass is 537 g/mol. The molecule has 0 bridgehead atoms. The number of sulfonamides is 1. The van der Waals surface area contributed by atoms with Crippen LogP contribution in [-0.4, -0.2) is 44.0 Å². The molecular weight excluding hydrogens is 511 g/mol. The third-order valence-electron chi connectivity index (χ3n) is 6.89. The van der Waals surface area contributed by atoms with Gasteiger partial charge in [-0.15, -0.1) is 0 Å². The Morgan fingerprint density at radius 3 is 2.35 bits per heavy atom. The first-order valence-corrected chi connectivity index (χ1v) is 13.0. The van der Waals surface area contributed by atoms with Crippen molar-refractivity contribution >= 4 is 27.5 Å². The normalized spacial score (nSPS) is 18.8. The van der Waals surface area contributed by atoms with Gasteiger partial charge in [-0.25, -0.2) is 13.2 Å². The Labute approximate surface area is 212 Å². The molecule has 0 radical (unpaired) electrons. The lowest BCUT2D eigenvalue weighted by atomic mass is 9.99. The Hall–Kier alpha value is -3.46. The van der Waals surface area contributed by atoms with Gasteiger partial charge in [-0.2, -0.15) is 18.4 Å². The molecule has 2 aromatic carbocycles. The van der Waals surface area contributed by atoms with Gasteiger partial charge in [-0.1, -0.05) is 17.7 Å². The van der Waals surface area contributed by atoms with Crippen molar-refractivity contribution in [3.05, 3.63) is 48.0 Å². The summed E-state index contributed by atoms with van der Waals surface area (Å²) in [5.41, 5.74) is -3.02. The summed E-state index contributed by atoms with van der Waals surface area (Å²) >= 11 is 0. The van der Waals surface area contributed by atoms with Gasteiger partial charge < -0.3 is 9.84 Å². The number of hydrogen-bond donors (Lipinski definition) is 1. The van der Waals surface area contributed by atoms with Crippen LogP contribution in [0, 0.1) is 23.7 Å². The lowest BCUT2D eigenvalue weighted by molar-refractivity contribution is -0.175. The zero-order valence-electron chi connectivity index (χ0n) is 20.4. The van der Waals surface area contributed by atoms with Gasteiger partial charge in [0.05, 0.1) is 34.3 Å². The Kier molecular flexibility index (Phi) is 6.35. The summed E-state index contributed by atoms with van der Waals surface area (Å²) in [7, 11) is -4.21. The van der Waals surface area contributed by atoms with Gasteiger partial charge in [-0.05, 0) is 63.9 Å². The average molecular weight is 538 g/mol. The van der Waals surface area contributed by atoms with Crippen molar-refractivity contribution in [2.45, 2.75) is 62.7 Å². The van der Waals surface area contributed by atoms with Gasteiger partial charge >= 0.3 is 12.3 Å². The number of carboxylic acid groups (broad SMARTS) is 1. The van der Waals surface area contributed by atoms with Crippen LogP contribution in [0.3, 0.4) is 0 Å². The Bertz CT molecular complexity index is 1360. The highest BCUT2D eigenvalue weighted by Crippen LogP contribution is 2.51. The number of alkyl halides is 3. The van der Waals surface area contributed by atoms with Crippen LogP contribution in [0.4, 0.5) is 29.3 Å². The third kappa shape index (κ3) is 4.80. The molecule has 1 amide bonds. The van der Waals surface area contributed by atoms with Crippen molar-refractivity contribution in [2.24, 2.45) is 5.41 Å². The summed E-state index contributed by atoms with van der Waals surface area (Å²) in [4.78, 5) is 12.1. The van der Waals surface area contributed by atoms with E-state index < -0.39 is 39.4 Å². The third-order valence-corrected chi connectivity index (χ3v) is 8.69. The number of hydrogen-bond acceptors (Lipinski definition) is 5. The second-order valence-electron chi connectivity index (χ2n) is 10.0. The lowest BCUT2D eigenvalue weighted by Crippen LogP contribution is -2.57. The van der Waals surface area contributed by atoms with E-state index in [-0.39, 0.29) is 39.9 Å². The van der Waals surface area contributed by atoms with E-state index in [9.17, 15) is 36.8 Å². The second kappa shape index (κ2) is 8.83. The van der Waals surface area contributed by atoms with Crippen LogP contribution in [-0.2, 0) is 10.0 Å². The number of fused-ring (bicyclic) bond motifs is 1. The number of rotatable bonds is 6. The van der Waals surface area contributed by atoms with Gasteiger partial charge in [0.25, 0.3) is 10.0 Å². The van der Waals surface area contributed by atoms with Crippen molar-refractivity contribution < 1.29 is 36.2 Å². The zero-order chi connectivity index (χ0) is 27.4. The number of amides is 1. The highest BCUT2D eigenvalue weighted by Gasteiger charge is 2.54. The molecule has 1 saturated carbocycles. The Morgan fingerprint density at radius 1 is 1.22 bits per heavy atom. The first kappa shape index (κ1) is 26.6. The molecule has 4 rings (SSSR count). The van der Waals surface area contributed by atoms with Crippen LogP contribution < -0.4 is 13.9 Å². The van der Waals surface area contributed by atoms with Gasteiger partial charge in [0.2, 0.25) is 0 Å². The molecule has 37 heavy (non-hydrogen) atoms. The molecule has 1 aliphatic heterocycles. The van der Waals surface area contributed by atoms with Crippen LogP contribution in [0.5, 0.6) is 5.75 Å². The zero-order valence-corrected chi connectivity index (χ0v) is 21.2.